The molecule has 1 aromatic rings. The van der Waals surface area contributed by atoms with Crippen molar-refractivity contribution in [2.24, 2.45) is 10.7 Å². The van der Waals surface area contributed by atoms with Gasteiger partial charge in [0.25, 0.3) is 0 Å². The zero-order valence-electron chi connectivity index (χ0n) is 11.7. The molecule has 0 bridgehead atoms. The number of hydrogen-bond donors (Lipinski definition) is 3. The summed E-state index contributed by atoms with van der Waals surface area (Å²) in [6.07, 6.45) is 2.21. The summed E-state index contributed by atoms with van der Waals surface area (Å²) in [5.41, 5.74) is 6.56. The van der Waals surface area contributed by atoms with Crippen molar-refractivity contribution in [1.29, 1.82) is 0 Å². The molecule has 1 aliphatic carbocycles. The fourth-order valence-electron chi connectivity index (χ4n) is 1.63. The number of rotatable bonds is 7. The number of sulfonamides is 1. The zero-order valence-corrected chi connectivity index (χ0v) is 14.8. The molecule has 0 amide bonds. The number of aliphatic imine (C=N–C) groups is 1. The van der Waals surface area contributed by atoms with E-state index in [9.17, 15) is 8.42 Å². The lowest BCUT2D eigenvalue weighted by Gasteiger charge is -2.06. The van der Waals surface area contributed by atoms with Crippen molar-refractivity contribution in [3.8, 4) is 0 Å². The predicted octanol–water partition coefficient (Wildman–Crippen LogP) is 0.791. The molecular weight excluding hydrogens is 403 g/mol. The first-order valence-electron chi connectivity index (χ1n) is 6.63. The molecule has 0 spiro atoms. The van der Waals surface area contributed by atoms with Crippen LogP contribution in [0, 0.1) is 0 Å². The van der Waals surface area contributed by atoms with Crippen LogP contribution in [0.5, 0.6) is 0 Å². The number of hydrogen-bond acceptors (Lipinski definition) is 3. The summed E-state index contributed by atoms with van der Waals surface area (Å²) >= 11 is 0. The van der Waals surface area contributed by atoms with Crippen LogP contribution in [-0.4, -0.2) is 32.7 Å². The van der Waals surface area contributed by atoms with Crippen molar-refractivity contribution >= 4 is 40.0 Å². The van der Waals surface area contributed by atoms with E-state index in [-0.39, 0.29) is 36.3 Å². The predicted molar refractivity (Wildman–Crippen MR) is 95.1 cm³/mol. The number of benzene rings is 1. The Bertz CT molecular complexity index is 559. The van der Waals surface area contributed by atoms with E-state index < -0.39 is 10.0 Å². The van der Waals surface area contributed by atoms with Crippen molar-refractivity contribution in [3.05, 3.63) is 35.9 Å². The third-order valence-electron chi connectivity index (χ3n) is 2.91. The summed E-state index contributed by atoms with van der Waals surface area (Å²) in [4.78, 5) is 4.01. The molecule has 118 valence electrons. The Morgan fingerprint density at radius 1 is 1.29 bits per heavy atom. The monoisotopic (exact) mass is 424 g/mol. The van der Waals surface area contributed by atoms with Crippen molar-refractivity contribution in [1.82, 2.24) is 10.0 Å². The van der Waals surface area contributed by atoms with Crippen molar-refractivity contribution in [2.75, 3.05) is 12.3 Å². The highest BCUT2D eigenvalue weighted by Gasteiger charge is 2.21. The Morgan fingerprint density at radius 2 is 1.95 bits per heavy atom. The largest absolute Gasteiger partial charge is 0.370 e. The molecule has 1 saturated carbocycles. The molecule has 6 nitrogen and oxygen atoms in total. The highest BCUT2D eigenvalue weighted by molar-refractivity contribution is 14.0. The van der Waals surface area contributed by atoms with Crippen LogP contribution < -0.4 is 15.8 Å². The second-order valence-corrected chi connectivity index (χ2v) is 6.74. The summed E-state index contributed by atoms with van der Waals surface area (Å²) < 4.78 is 26.1. The van der Waals surface area contributed by atoms with Crippen LogP contribution in [0.4, 0.5) is 0 Å². The number of nitrogens with one attached hydrogen (secondary N) is 2. The summed E-state index contributed by atoms with van der Waals surface area (Å²) in [6, 6.07) is 9.81. The van der Waals surface area contributed by atoms with Crippen molar-refractivity contribution < 1.29 is 8.42 Å². The number of nitrogens with zero attached hydrogens (tertiary/aromatic N) is 1. The maximum Gasteiger partial charge on any atom is 0.213 e. The van der Waals surface area contributed by atoms with Gasteiger partial charge in [0.15, 0.2) is 5.96 Å². The Kier molecular flexibility index (Phi) is 7.40. The van der Waals surface area contributed by atoms with Crippen LogP contribution in [0.2, 0.25) is 0 Å². The van der Waals surface area contributed by atoms with Gasteiger partial charge < -0.3 is 11.1 Å². The second kappa shape index (κ2) is 8.54. The molecule has 21 heavy (non-hydrogen) atoms. The van der Waals surface area contributed by atoms with E-state index in [0.717, 1.165) is 18.4 Å². The molecule has 0 atom stereocenters. The van der Waals surface area contributed by atoms with Gasteiger partial charge in [-0.1, -0.05) is 30.3 Å². The Morgan fingerprint density at radius 3 is 2.57 bits per heavy atom. The fraction of sp³-hybridized carbons (Fsp3) is 0.462. The minimum absolute atomic E-state index is 0. The van der Waals surface area contributed by atoms with Crippen LogP contribution >= 0.6 is 24.0 Å². The van der Waals surface area contributed by atoms with Crippen LogP contribution in [0.3, 0.4) is 0 Å². The SMILES string of the molecule is I.NC(=NCCS(=O)(=O)NCc1ccccc1)NC1CC1. The molecular formula is C13H21IN4O2S. The number of guanidine groups is 1. The van der Waals surface area contributed by atoms with Gasteiger partial charge in [0.2, 0.25) is 10.0 Å². The van der Waals surface area contributed by atoms with Crippen molar-refractivity contribution in [3.63, 3.8) is 0 Å². The highest BCUT2D eigenvalue weighted by Crippen LogP contribution is 2.17. The molecule has 0 aliphatic heterocycles. The van der Waals surface area contributed by atoms with E-state index >= 15 is 0 Å². The normalized spacial score (nSPS) is 15.3. The summed E-state index contributed by atoms with van der Waals surface area (Å²) in [5.74, 6) is 0.262. The Hall–Kier alpha value is -0.870. The van der Waals surface area contributed by atoms with Crippen LogP contribution in [0.1, 0.15) is 18.4 Å². The first kappa shape index (κ1) is 18.2. The van der Waals surface area contributed by atoms with Gasteiger partial charge in [0.05, 0.1) is 12.3 Å². The van der Waals surface area contributed by atoms with E-state index in [1.807, 2.05) is 30.3 Å². The second-order valence-electron chi connectivity index (χ2n) is 4.81. The van der Waals surface area contributed by atoms with E-state index in [4.69, 9.17) is 5.73 Å². The molecule has 0 unspecified atom stereocenters. The van der Waals surface area contributed by atoms with Gasteiger partial charge in [-0.05, 0) is 18.4 Å². The average molecular weight is 424 g/mol. The lowest BCUT2D eigenvalue weighted by atomic mass is 10.2. The first-order valence-corrected chi connectivity index (χ1v) is 8.28. The van der Waals surface area contributed by atoms with Gasteiger partial charge in [-0.3, -0.25) is 4.99 Å². The van der Waals surface area contributed by atoms with Gasteiger partial charge in [0.1, 0.15) is 0 Å². The third kappa shape index (κ3) is 7.63. The summed E-state index contributed by atoms with van der Waals surface area (Å²) in [5, 5.41) is 3.01. The fourth-order valence-corrected chi connectivity index (χ4v) is 2.49. The molecule has 1 aliphatic rings. The topological polar surface area (TPSA) is 96.6 Å². The first-order chi connectivity index (χ1) is 9.55. The molecule has 8 heteroatoms. The van der Waals surface area contributed by atoms with Crippen LogP contribution in [0.25, 0.3) is 0 Å². The molecule has 0 saturated heterocycles. The van der Waals surface area contributed by atoms with Gasteiger partial charge in [-0.25, -0.2) is 13.1 Å². The van der Waals surface area contributed by atoms with E-state index in [2.05, 4.69) is 15.0 Å². The summed E-state index contributed by atoms with van der Waals surface area (Å²) in [6.45, 7) is 0.457. The molecule has 0 aromatic heterocycles. The lowest BCUT2D eigenvalue weighted by molar-refractivity contribution is 0.581. The van der Waals surface area contributed by atoms with E-state index in [0.29, 0.717) is 18.5 Å². The van der Waals surface area contributed by atoms with Crippen molar-refractivity contribution in [2.45, 2.75) is 25.4 Å². The standard InChI is InChI=1S/C13H20N4O2S.HI/c14-13(17-12-6-7-12)15-8-9-20(18,19)16-10-11-4-2-1-3-5-11;/h1-5,12,16H,6-10H2,(H3,14,15,17);1H. The Labute approximate surface area is 142 Å². The minimum atomic E-state index is -3.33. The average Bonchev–Trinajstić information content (AvgIpc) is 3.21. The molecule has 0 radical (unpaired) electrons. The van der Waals surface area contributed by atoms with Gasteiger partial charge >= 0.3 is 0 Å². The third-order valence-corrected chi connectivity index (χ3v) is 4.21. The van der Waals surface area contributed by atoms with Gasteiger partial charge in [-0.15, -0.1) is 24.0 Å². The minimum Gasteiger partial charge on any atom is -0.370 e. The van der Waals surface area contributed by atoms with Gasteiger partial charge in [0, 0.05) is 12.6 Å². The molecule has 0 heterocycles. The van der Waals surface area contributed by atoms with Gasteiger partial charge in [-0.2, -0.15) is 0 Å². The van der Waals surface area contributed by atoms with E-state index in [1.54, 1.807) is 0 Å². The molecule has 1 fully saturated rings. The maximum atomic E-state index is 11.8. The maximum absolute atomic E-state index is 11.8. The van der Waals surface area contributed by atoms with E-state index in [1.165, 1.54) is 0 Å². The quantitative estimate of drug-likeness (QED) is 0.343. The molecule has 4 N–H and O–H groups in total. The number of halogens is 1. The summed E-state index contributed by atoms with van der Waals surface area (Å²) in [7, 11) is -3.33. The Balaban J connectivity index is 0.00000220. The highest BCUT2D eigenvalue weighted by atomic mass is 127. The molecule has 2 rings (SSSR count). The van der Waals surface area contributed by atoms with Crippen LogP contribution in [0.15, 0.2) is 35.3 Å². The lowest BCUT2D eigenvalue weighted by Crippen LogP contribution is -2.34. The molecule has 1 aromatic carbocycles. The zero-order chi connectivity index (χ0) is 14.4. The van der Waals surface area contributed by atoms with Crippen LogP contribution in [-0.2, 0) is 16.6 Å². The smallest absolute Gasteiger partial charge is 0.213 e. The number of nitrogens with two attached hydrogens (primary N) is 1.